The van der Waals surface area contributed by atoms with E-state index >= 15 is 0 Å². The Labute approximate surface area is 188 Å². The molecular weight excluding hydrogens is 408 g/mol. The zero-order chi connectivity index (χ0) is 23.4. The number of ketones is 1. The van der Waals surface area contributed by atoms with Crippen LogP contribution in [0.1, 0.15) is 29.7 Å². The molecule has 32 heavy (non-hydrogen) atoms. The molecule has 1 saturated heterocycles. The number of aryl methyl sites for hydroxylation is 1. The van der Waals surface area contributed by atoms with Crippen molar-refractivity contribution in [2.45, 2.75) is 19.9 Å². The van der Waals surface area contributed by atoms with E-state index in [1.807, 2.05) is 39.2 Å². The van der Waals surface area contributed by atoms with Gasteiger partial charge in [0.15, 0.2) is 0 Å². The number of Topliss-reactive ketones (excluding diaryl/α,β-unsaturated/α-hetero) is 1. The van der Waals surface area contributed by atoms with Gasteiger partial charge in [0.25, 0.3) is 5.91 Å². The van der Waals surface area contributed by atoms with Gasteiger partial charge in [0, 0.05) is 11.1 Å². The molecule has 2 aromatic carbocycles. The van der Waals surface area contributed by atoms with E-state index in [4.69, 9.17) is 9.47 Å². The van der Waals surface area contributed by atoms with Gasteiger partial charge in [-0.1, -0.05) is 30.0 Å². The lowest BCUT2D eigenvalue weighted by atomic mass is 9.93. The van der Waals surface area contributed by atoms with Crippen molar-refractivity contribution < 1.29 is 29.1 Å². The highest BCUT2D eigenvalue weighted by Crippen LogP contribution is 2.42. The molecule has 0 radical (unpaired) electrons. The lowest BCUT2D eigenvalue weighted by molar-refractivity contribution is -0.857. The standard InChI is InChI=1S/C25H30N2O5/c1-6-32-20-10-8-7-9-19(20)22-21(24(29)25(30)27(22)14-13-26(3)4)23(28)18-12-11-17(31-5)15-16(18)2/h7-12,15,22,28H,6,13-14H2,1-5H3. The van der Waals surface area contributed by atoms with Gasteiger partial charge in [0.05, 0.1) is 46.9 Å². The Morgan fingerprint density at radius 1 is 1.16 bits per heavy atom. The van der Waals surface area contributed by atoms with Crippen molar-refractivity contribution in [2.75, 3.05) is 40.9 Å². The van der Waals surface area contributed by atoms with E-state index in [2.05, 4.69) is 0 Å². The second kappa shape index (κ2) is 9.87. The number of hydrogen-bond acceptors (Lipinski definition) is 5. The zero-order valence-corrected chi connectivity index (χ0v) is 19.2. The topological polar surface area (TPSA) is 83.3 Å². The average Bonchev–Trinajstić information content (AvgIpc) is 3.02. The van der Waals surface area contributed by atoms with Crippen molar-refractivity contribution in [3.8, 4) is 11.5 Å². The minimum Gasteiger partial charge on any atom is -0.872 e. The zero-order valence-electron chi connectivity index (χ0n) is 19.2. The highest BCUT2D eigenvalue weighted by atomic mass is 16.5. The molecule has 1 aliphatic heterocycles. The number of rotatable bonds is 8. The average molecular weight is 439 g/mol. The molecule has 0 aromatic heterocycles. The molecule has 3 rings (SSSR count). The summed E-state index contributed by atoms with van der Waals surface area (Å²) in [6.07, 6.45) is 0. The molecule has 0 aliphatic carbocycles. The van der Waals surface area contributed by atoms with Gasteiger partial charge in [-0.05, 0) is 43.2 Å². The van der Waals surface area contributed by atoms with Gasteiger partial charge < -0.3 is 24.4 Å². The van der Waals surface area contributed by atoms with E-state index < -0.39 is 23.5 Å². The number of likely N-dealkylation sites (N-methyl/N-ethyl adjacent to an activating group) is 1. The van der Waals surface area contributed by atoms with E-state index in [9.17, 15) is 14.7 Å². The van der Waals surface area contributed by atoms with Crippen molar-refractivity contribution in [2.24, 2.45) is 0 Å². The number of carbonyl (C=O) groups is 2. The summed E-state index contributed by atoms with van der Waals surface area (Å²) in [6, 6.07) is 11.5. The fraction of sp³-hybridized carbons (Fsp3) is 0.360. The van der Waals surface area contributed by atoms with E-state index in [0.717, 1.165) is 4.90 Å². The number of amides is 1. The summed E-state index contributed by atoms with van der Waals surface area (Å²) in [7, 11) is 5.50. The van der Waals surface area contributed by atoms with E-state index in [0.29, 0.717) is 47.9 Å². The Kier molecular flexibility index (Phi) is 7.20. The molecule has 7 heteroatoms. The lowest BCUT2D eigenvalue weighted by Gasteiger charge is -2.29. The predicted molar refractivity (Wildman–Crippen MR) is 119 cm³/mol. The molecule has 1 fully saturated rings. The number of nitrogens with one attached hydrogen (secondary N) is 1. The Hall–Kier alpha value is -3.32. The fourth-order valence-corrected chi connectivity index (χ4v) is 3.92. The number of nitrogens with zero attached hydrogens (tertiary/aromatic N) is 1. The van der Waals surface area contributed by atoms with Crippen LogP contribution in [0, 0.1) is 6.92 Å². The normalized spacial score (nSPS) is 17.8. The number of ether oxygens (including phenoxy) is 2. The van der Waals surface area contributed by atoms with E-state index in [1.165, 1.54) is 4.90 Å². The third kappa shape index (κ3) is 4.48. The summed E-state index contributed by atoms with van der Waals surface area (Å²) in [5.41, 5.74) is 1.65. The molecule has 1 heterocycles. The highest BCUT2D eigenvalue weighted by molar-refractivity contribution is 6.46. The molecule has 0 spiro atoms. The van der Waals surface area contributed by atoms with Crippen LogP contribution >= 0.6 is 0 Å². The Balaban J connectivity index is 2.21. The highest BCUT2D eigenvalue weighted by Gasteiger charge is 2.45. The van der Waals surface area contributed by atoms with Gasteiger partial charge in [-0.2, -0.15) is 0 Å². The maximum absolute atomic E-state index is 13.6. The van der Waals surface area contributed by atoms with Crippen LogP contribution in [0.15, 0.2) is 48.0 Å². The SMILES string of the molecule is CCOc1ccccc1C1C(=C([O-])c2ccc(OC)cc2C)C(=O)C(=O)N1CC[NH+](C)C. The van der Waals surface area contributed by atoms with Crippen LogP contribution in [0.25, 0.3) is 5.76 Å². The molecule has 1 aliphatic rings. The number of hydrogen-bond donors (Lipinski definition) is 1. The molecule has 0 bridgehead atoms. The van der Waals surface area contributed by atoms with Crippen molar-refractivity contribution >= 4 is 17.4 Å². The smallest absolute Gasteiger partial charge is 0.295 e. The summed E-state index contributed by atoms with van der Waals surface area (Å²) in [5.74, 6) is -0.681. The maximum atomic E-state index is 13.6. The Bertz CT molecular complexity index is 1040. The lowest BCUT2D eigenvalue weighted by Crippen LogP contribution is -3.06. The molecule has 7 nitrogen and oxygen atoms in total. The first-order chi connectivity index (χ1) is 15.3. The van der Waals surface area contributed by atoms with Crippen LogP contribution in [0.2, 0.25) is 0 Å². The number of carbonyl (C=O) groups excluding carboxylic acids is 2. The van der Waals surface area contributed by atoms with Crippen LogP contribution < -0.4 is 19.5 Å². The second-order valence-corrected chi connectivity index (χ2v) is 8.08. The van der Waals surface area contributed by atoms with Crippen LogP contribution in [0.5, 0.6) is 11.5 Å². The first-order valence-electron chi connectivity index (χ1n) is 10.7. The third-order valence-electron chi connectivity index (χ3n) is 5.57. The number of likely N-dealkylation sites (tertiary alicyclic amines) is 1. The van der Waals surface area contributed by atoms with Crippen LogP contribution in [-0.2, 0) is 9.59 Å². The Morgan fingerprint density at radius 3 is 2.50 bits per heavy atom. The second-order valence-electron chi connectivity index (χ2n) is 8.08. The number of quaternary nitrogens is 1. The molecule has 1 atom stereocenters. The summed E-state index contributed by atoms with van der Waals surface area (Å²) in [6.45, 7) is 5.05. The maximum Gasteiger partial charge on any atom is 0.295 e. The monoisotopic (exact) mass is 438 g/mol. The van der Waals surface area contributed by atoms with Crippen molar-refractivity contribution in [1.29, 1.82) is 0 Å². The summed E-state index contributed by atoms with van der Waals surface area (Å²) in [5, 5.41) is 13.6. The van der Waals surface area contributed by atoms with Gasteiger partial charge in [-0.15, -0.1) is 0 Å². The number of methoxy groups -OCH3 is 1. The summed E-state index contributed by atoms with van der Waals surface area (Å²) in [4.78, 5) is 28.8. The number of benzene rings is 2. The first-order valence-corrected chi connectivity index (χ1v) is 10.7. The van der Waals surface area contributed by atoms with Crippen LogP contribution in [0.3, 0.4) is 0 Å². The molecular formula is C25H30N2O5. The molecule has 1 N–H and O–H groups in total. The molecule has 1 unspecified atom stereocenters. The van der Waals surface area contributed by atoms with Crippen molar-refractivity contribution in [3.63, 3.8) is 0 Å². The quantitative estimate of drug-likeness (QED) is 0.374. The molecule has 170 valence electrons. The van der Waals surface area contributed by atoms with Gasteiger partial charge in [-0.25, -0.2) is 0 Å². The molecule has 1 amide bonds. The predicted octanol–water partition coefficient (Wildman–Crippen LogP) is 0.771. The van der Waals surface area contributed by atoms with Gasteiger partial charge in [0.2, 0.25) is 5.78 Å². The minimum atomic E-state index is -0.800. The largest absolute Gasteiger partial charge is 0.872 e. The Morgan fingerprint density at radius 2 is 1.88 bits per heavy atom. The summed E-state index contributed by atoms with van der Waals surface area (Å²) < 4.78 is 11.0. The van der Waals surface area contributed by atoms with E-state index in [1.54, 1.807) is 38.3 Å². The van der Waals surface area contributed by atoms with Gasteiger partial charge >= 0.3 is 0 Å². The molecule has 0 saturated carbocycles. The van der Waals surface area contributed by atoms with Gasteiger partial charge in [0.1, 0.15) is 11.5 Å². The summed E-state index contributed by atoms with van der Waals surface area (Å²) >= 11 is 0. The minimum absolute atomic E-state index is 0.0378. The fourth-order valence-electron chi connectivity index (χ4n) is 3.92. The third-order valence-corrected chi connectivity index (χ3v) is 5.57. The van der Waals surface area contributed by atoms with Crippen molar-refractivity contribution in [1.82, 2.24) is 4.90 Å². The molecule has 2 aromatic rings. The number of para-hydroxylation sites is 1. The van der Waals surface area contributed by atoms with Crippen LogP contribution in [0.4, 0.5) is 0 Å². The van der Waals surface area contributed by atoms with Gasteiger partial charge in [-0.3, -0.25) is 9.59 Å². The van der Waals surface area contributed by atoms with E-state index in [-0.39, 0.29) is 5.57 Å². The van der Waals surface area contributed by atoms with Crippen molar-refractivity contribution in [3.05, 3.63) is 64.7 Å². The van der Waals surface area contributed by atoms with Crippen LogP contribution in [-0.4, -0.2) is 57.5 Å². The first kappa shape index (κ1) is 23.3.